The normalized spacial score (nSPS) is 10.9. The molecule has 0 heterocycles. The molecule has 4 nitrogen and oxygen atoms in total. The van der Waals surface area contributed by atoms with Crippen molar-refractivity contribution in [3.05, 3.63) is 69.2 Å². The Hall–Kier alpha value is -2.48. The third-order valence-electron chi connectivity index (χ3n) is 3.45. The lowest BCUT2D eigenvalue weighted by atomic mass is 10.1. The number of rotatable bonds is 7. The highest BCUT2D eigenvalue weighted by molar-refractivity contribution is 6.36. The zero-order chi connectivity index (χ0) is 18.9. The molecule has 2 rings (SSSR count). The standard InChI is InChI=1S/C20H18Cl2N2O2/c1-2-8-26-19-15(10-17(21)11-18(19)22)9-16(12-23)20(25)24-13-14-6-4-3-5-7-14/h3-7,9-11H,2,8,13H2,1H3,(H,24,25)/b16-9+. The summed E-state index contributed by atoms with van der Waals surface area (Å²) in [7, 11) is 0. The van der Waals surface area contributed by atoms with Gasteiger partial charge < -0.3 is 10.1 Å². The van der Waals surface area contributed by atoms with Gasteiger partial charge in [0.2, 0.25) is 0 Å². The summed E-state index contributed by atoms with van der Waals surface area (Å²) in [5.74, 6) is -0.0737. The first kappa shape index (κ1) is 19.8. The lowest BCUT2D eigenvalue weighted by molar-refractivity contribution is -0.117. The predicted octanol–water partition coefficient (Wildman–Crippen LogP) is 5.01. The molecule has 0 unspecified atom stereocenters. The Morgan fingerprint density at radius 3 is 2.65 bits per heavy atom. The van der Waals surface area contributed by atoms with Gasteiger partial charge in [-0.3, -0.25) is 4.79 Å². The number of amides is 1. The van der Waals surface area contributed by atoms with E-state index in [1.165, 1.54) is 6.08 Å². The van der Waals surface area contributed by atoms with E-state index < -0.39 is 5.91 Å². The summed E-state index contributed by atoms with van der Waals surface area (Å²) in [5, 5.41) is 12.8. The summed E-state index contributed by atoms with van der Waals surface area (Å²) in [6.07, 6.45) is 2.23. The second-order valence-electron chi connectivity index (χ2n) is 5.49. The summed E-state index contributed by atoms with van der Waals surface area (Å²) in [6.45, 7) is 2.76. The summed E-state index contributed by atoms with van der Waals surface area (Å²) in [6, 6.07) is 14.5. The molecule has 1 amide bonds. The van der Waals surface area contributed by atoms with Gasteiger partial charge >= 0.3 is 0 Å². The number of hydrogen-bond acceptors (Lipinski definition) is 3. The van der Waals surface area contributed by atoms with Gasteiger partial charge in [-0.05, 0) is 30.2 Å². The van der Waals surface area contributed by atoms with Crippen LogP contribution in [0.1, 0.15) is 24.5 Å². The summed E-state index contributed by atoms with van der Waals surface area (Å²) in [5.41, 5.74) is 1.37. The average molecular weight is 389 g/mol. The quantitative estimate of drug-likeness (QED) is 0.535. The molecule has 26 heavy (non-hydrogen) atoms. The SMILES string of the molecule is CCCOc1c(Cl)cc(Cl)cc1/C=C(\C#N)C(=O)NCc1ccccc1. The van der Waals surface area contributed by atoms with Gasteiger partial charge in [0.25, 0.3) is 5.91 Å². The number of nitriles is 1. The first-order valence-electron chi connectivity index (χ1n) is 8.11. The maximum absolute atomic E-state index is 12.3. The Labute approximate surface area is 163 Å². The molecule has 0 aliphatic rings. The Bertz CT molecular complexity index is 843. The molecule has 0 fully saturated rings. The van der Waals surface area contributed by atoms with E-state index in [4.69, 9.17) is 27.9 Å². The van der Waals surface area contributed by atoms with Crippen LogP contribution in [0.5, 0.6) is 5.75 Å². The molecule has 0 bridgehead atoms. The lowest BCUT2D eigenvalue weighted by Gasteiger charge is -2.11. The van der Waals surface area contributed by atoms with Gasteiger partial charge in [0.1, 0.15) is 17.4 Å². The second kappa shape index (κ2) is 9.86. The molecular weight excluding hydrogens is 371 g/mol. The molecular formula is C20H18Cl2N2O2. The van der Waals surface area contributed by atoms with Gasteiger partial charge in [-0.1, -0.05) is 60.5 Å². The largest absolute Gasteiger partial charge is 0.491 e. The highest BCUT2D eigenvalue weighted by Gasteiger charge is 2.14. The minimum absolute atomic E-state index is 0.0550. The predicted molar refractivity (Wildman–Crippen MR) is 104 cm³/mol. The summed E-state index contributed by atoms with van der Waals surface area (Å²) < 4.78 is 5.65. The van der Waals surface area contributed by atoms with Crippen LogP contribution in [0.4, 0.5) is 0 Å². The second-order valence-corrected chi connectivity index (χ2v) is 6.34. The Kier molecular flexibility index (Phi) is 7.53. The van der Waals surface area contributed by atoms with E-state index >= 15 is 0 Å². The first-order chi connectivity index (χ1) is 12.5. The molecule has 1 N–H and O–H groups in total. The van der Waals surface area contributed by atoms with Crippen LogP contribution in [0.3, 0.4) is 0 Å². The fraction of sp³-hybridized carbons (Fsp3) is 0.200. The van der Waals surface area contributed by atoms with E-state index in [0.29, 0.717) is 34.5 Å². The van der Waals surface area contributed by atoms with Crippen LogP contribution in [0.25, 0.3) is 6.08 Å². The molecule has 134 valence electrons. The monoisotopic (exact) mass is 388 g/mol. The number of carbonyl (C=O) groups excluding carboxylic acids is 1. The number of carbonyl (C=O) groups is 1. The molecule has 6 heteroatoms. The molecule has 0 atom stereocenters. The summed E-state index contributed by atoms with van der Waals surface area (Å²) in [4.78, 5) is 12.3. The molecule has 0 radical (unpaired) electrons. The van der Waals surface area contributed by atoms with E-state index in [2.05, 4.69) is 5.32 Å². The van der Waals surface area contributed by atoms with Crippen LogP contribution in [0.2, 0.25) is 10.0 Å². The van der Waals surface area contributed by atoms with E-state index in [1.54, 1.807) is 12.1 Å². The number of ether oxygens (including phenoxy) is 1. The van der Waals surface area contributed by atoms with Crippen molar-refractivity contribution in [3.63, 3.8) is 0 Å². The van der Waals surface area contributed by atoms with Gasteiger partial charge in [0.05, 0.1) is 11.6 Å². The van der Waals surface area contributed by atoms with Crippen molar-refractivity contribution >= 4 is 35.2 Å². The van der Waals surface area contributed by atoms with Crippen LogP contribution in [-0.4, -0.2) is 12.5 Å². The van der Waals surface area contributed by atoms with Crippen molar-refractivity contribution in [1.29, 1.82) is 5.26 Å². The minimum Gasteiger partial charge on any atom is -0.491 e. The molecule has 2 aromatic carbocycles. The smallest absolute Gasteiger partial charge is 0.262 e. The number of hydrogen-bond donors (Lipinski definition) is 1. The first-order valence-corrected chi connectivity index (χ1v) is 8.86. The van der Waals surface area contributed by atoms with Crippen molar-refractivity contribution < 1.29 is 9.53 Å². The van der Waals surface area contributed by atoms with Crippen molar-refractivity contribution in [3.8, 4) is 11.8 Å². The molecule has 0 aliphatic carbocycles. The fourth-order valence-electron chi connectivity index (χ4n) is 2.22. The molecule has 0 aromatic heterocycles. The Balaban J connectivity index is 2.24. The summed E-state index contributed by atoms with van der Waals surface area (Å²) >= 11 is 12.2. The molecule has 0 saturated carbocycles. The van der Waals surface area contributed by atoms with E-state index in [1.807, 2.05) is 43.3 Å². The Morgan fingerprint density at radius 1 is 1.27 bits per heavy atom. The van der Waals surface area contributed by atoms with Gasteiger partial charge in [0, 0.05) is 17.1 Å². The number of nitrogens with one attached hydrogen (secondary N) is 1. The molecule has 0 spiro atoms. The highest BCUT2D eigenvalue weighted by Crippen LogP contribution is 2.34. The van der Waals surface area contributed by atoms with Gasteiger partial charge in [-0.15, -0.1) is 0 Å². The maximum atomic E-state index is 12.3. The number of halogens is 2. The number of nitrogens with zero attached hydrogens (tertiary/aromatic N) is 1. The van der Waals surface area contributed by atoms with Gasteiger partial charge in [0.15, 0.2) is 0 Å². The third-order valence-corrected chi connectivity index (χ3v) is 3.95. The van der Waals surface area contributed by atoms with Crippen LogP contribution in [0, 0.1) is 11.3 Å². The Morgan fingerprint density at radius 2 is 2.00 bits per heavy atom. The van der Waals surface area contributed by atoms with Crippen LogP contribution >= 0.6 is 23.2 Å². The van der Waals surface area contributed by atoms with Gasteiger partial charge in [-0.25, -0.2) is 0 Å². The van der Waals surface area contributed by atoms with Crippen molar-refractivity contribution in [2.24, 2.45) is 0 Å². The van der Waals surface area contributed by atoms with Crippen LogP contribution < -0.4 is 10.1 Å². The zero-order valence-electron chi connectivity index (χ0n) is 14.3. The maximum Gasteiger partial charge on any atom is 0.262 e. The van der Waals surface area contributed by atoms with Crippen molar-refractivity contribution in [2.45, 2.75) is 19.9 Å². The van der Waals surface area contributed by atoms with E-state index in [-0.39, 0.29) is 5.57 Å². The van der Waals surface area contributed by atoms with Gasteiger partial charge in [-0.2, -0.15) is 5.26 Å². The van der Waals surface area contributed by atoms with Crippen molar-refractivity contribution in [2.75, 3.05) is 6.61 Å². The van der Waals surface area contributed by atoms with Crippen molar-refractivity contribution in [1.82, 2.24) is 5.32 Å². The third kappa shape index (κ3) is 5.52. The van der Waals surface area contributed by atoms with Crippen LogP contribution in [0.15, 0.2) is 48.0 Å². The van der Waals surface area contributed by atoms with E-state index in [0.717, 1.165) is 12.0 Å². The molecule has 0 aliphatic heterocycles. The van der Waals surface area contributed by atoms with E-state index in [9.17, 15) is 10.1 Å². The van der Waals surface area contributed by atoms with Crippen LogP contribution in [-0.2, 0) is 11.3 Å². The topological polar surface area (TPSA) is 62.1 Å². The number of benzene rings is 2. The highest BCUT2D eigenvalue weighted by atomic mass is 35.5. The zero-order valence-corrected chi connectivity index (χ0v) is 15.8. The fourth-order valence-corrected chi connectivity index (χ4v) is 2.79. The average Bonchev–Trinajstić information content (AvgIpc) is 2.64. The lowest BCUT2D eigenvalue weighted by Crippen LogP contribution is -2.23. The molecule has 2 aromatic rings. The minimum atomic E-state index is -0.478. The molecule has 0 saturated heterocycles.